The summed E-state index contributed by atoms with van der Waals surface area (Å²) in [6.45, 7) is 4.61. The Morgan fingerprint density at radius 3 is 2.69 bits per heavy atom. The fourth-order valence-electron chi connectivity index (χ4n) is 5.54. The van der Waals surface area contributed by atoms with Crippen LogP contribution in [0.3, 0.4) is 0 Å². The van der Waals surface area contributed by atoms with E-state index in [-0.39, 0.29) is 35.0 Å². The summed E-state index contributed by atoms with van der Waals surface area (Å²) in [4.78, 5) is 42.8. The highest BCUT2D eigenvalue weighted by molar-refractivity contribution is 9.09. The van der Waals surface area contributed by atoms with Gasteiger partial charge in [0.25, 0.3) is 0 Å². The standard InChI is InChI=1S/C23H27BrN2O5S/c1-2-9-25(13-14-7-4-3-5-8-14)21(29)19-23-12-15(24)18(32-23)16(22(30)31)17(23)20(28)26(19)10-6-11-27/h2-5,7-8,15-19,27H,1,6,9-13H2,(H,30,31)/t15?,16-,17-,18-,19?,23?/m0/s1. The molecule has 3 aliphatic rings. The van der Waals surface area contributed by atoms with Gasteiger partial charge in [0.1, 0.15) is 6.04 Å². The third-order valence-corrected chi connectivity index (χ3v) is 9.96. The molecule has 3 saturated heterocycles. The Balaban J connectivity index is 1.73. The van der Waals surface area contributed by atoms with Crippen LogP contribution in [0, 0.1) is 11.8 Å². The largest absolute Gasteiger partial charge is 0.481 e. The number of benzene rings is 1. The van der Waals surface area contributed by atoms with Crippen LogP contribution in [0.25, 0.3) is 0 Å². The molecule has 32 heavy (non-hydrogen) atoms. The van der Waals surface area contributed by atoms with Crippen molar-refractivity contribution in [2.75, 3.05) is 19.7 Å². The van der Waals surface area contributed by atoms with Gasteiger partial charge in [0.2, 0.25) is 11.8 Å². The Morgan fingerprint density at radius 2 is 2.06 bits per heavy atom. The molecule has 3 heterocycles. The molecule has 2 bridgehead atoms. The van der Waals surface area contributed by atoms with Gasteiger partial charge in [0.05, 0.1) is 16.6 Å². The summed E-state index contributed by atoms with van der Waals surface area (Å²) >= 11 is 5.12. The van der Waals surface area contributed by atoms with Crippen molar-refractivity contribution in [2.45, 2.75) is 40.3 Å². The number of halogens is 1. The molecule has 6 atom stereocenters. The summed E-state index contributed by atoms with van der Waals surface area (Å²) in [7, 11) is 0. The number of aliphatic hydroxyl groups excluding tert-OH is 1. The molecule has 1 spiro atoms. The first kappa shape index (κ1) is 23.3. The SMILES string of the molecule is C=CCN(Cc1ccccc1)C(=O)C1N(CCCO)C(=O)[C@@H]2[C@H](C(=O)O)[C@H]3SC12CC3Br. The molecular weight excluding hydrogens is 496 g/mol. The van der Waals surface area contributed by atoms with Crippen LogP contribution in [-0.4, -0.2) is 78.4 Å². The molecule has 9 heteroatoms. The summed E-state index contributed by atoms with van der Waals surface area (Å²) in [5.41, 5.74) is 0.966. The van der Waals surface area contributed by atoms with E-state index in [0.717, 1.165) is 5.56 Å². The normalized spacial score (nSPS) is 32.8. The predicted molar refractivity (Wildman–Crippen MR) is 125 cm³/mol. The van der Waals surface area contributed by atoms with E-state index in [1.807, 2.05) is 30.3 Å². The van der Waals surface area contributed by atoms with Crippen LogP contribution in [0.4, 0.5) is 0 Å². The van der Waals surface area contributed by atoms with Crippen LogP contribution < -0.4 is 0 Å². The van der Waals surface area contributed by atoms with Crippen molar-refractivity contribution >= 4 is 45.5 Å². The summed E-state index contributed by atoms with van der Waals surface area (Å²) in [5, 5.41) is 19.1. The molecule has 2 amide bonds. The Bertz CT molecular complexity index is 915. The van der Waals surface area contributed by atoms with Crippen LogP contribution in [0.2, 0.25) is 0 Å². The summed E-state index contributed by atoms with van der Waals surface area (Å²) in [5.74, 6) is -3.03. The fourth-order valence-corrected chi connectivity index (χ4v) is 9.14. The van der Waals surface area contributed by atoms with Gasteiger partial charge in [-0.1, -0.05) is 52.3 Å². The Hall–Kier alpha value is -1.84. The second-order valence-electron chi connectivity index (χ2n) is 8.60. The van der Waals surface area contributed by atoms with Crippen molar-refractivity contribution in [1.82, 2.24) is 9.80 Å². The zero-order valence-corrected chi connectivity index (χ0v) is 20.0. The molecular formula is C23H27BrN2O5S. The van der Waals surface area contributed by atoms with Crippen molar-refractivity contribution in [3.05, 3.63) is 48.6 Å². The van der Waals surface area contributed by atoms with Gasteiger partial charge in [-0.2, -0.15) is 0 Å². The van der Waals surface area contributed by atoms with Crippen LogP contribution >= 0.6 is 27.7 Å². The van der Waals surface area contributed by atoms with Gasteiger partial charge in [-0.15, -0.1) is 18.3 Å². The quantitative estimate of drug-likeness (QED) is 0.380. The number of alkyl halides is 1. The molecule has 7 nitrogen and oxygen atoms in total. The highest BCUT2D eigenvalue weighted by Crippen LogP contribution is 2.67. The van der Waals surface area contributed by atoms with Gasteiger partial charge in [-0.05, 0) is 18.4 Å². The number of hydrogen-bond acceptors (Lipinski definition) is 5. The molecule has 0 radical (unpaired) electrons. The van der Waals surface area contributed by atoms with Crippen molar-refractivity contribution in [3.8, 4) is 0 Å². The van der Waals surface area contributed by atoms with E-state index in [4.69, 9.17) is 0 Å². The number of nitrogens with zero attached hydrogens (tertiary/aromatic N) is 2. The van der Waals surface area contributed by atoms with Crippen LogP contribution in [-0.2, 0) is 20.9 Å². The molecule has 4 rings (SSSR count). The van der Waals surface area contributed by atoms with Gasteiger partial charge in [0.15, 0.2) is 0 Å². The second-order valence-corrected chi connectivity index (χ2v) is 11.3. The molecule has 2 N–H and O–H groups in total. The van der Waals surface area contributed by atoms with Gasteiger partial charge >= 0.3 is 5.97 Å². The number of aliphatic hydroxyl groups is 1. The minimum absolute atomic E-state index is 0.0762. The molecule has 0 aromatic heterocycles. The lowest BCUT2D eigenvalue weighted by molar-refractivity contribution is -0.148. The first-order valence-corrected chi connectivity index (χ1v) is 12.5. The number of aliphatic carboxylic acids is 1. The van der Waals surface area contributed by atoms with Gasteiger partial charge < -0.3 is 20.0 Å². The van der Waals surface area contributed by atoms with Crippen LogP contribution in [0.15, 0.2) is 43.0 Å². The maximum atomic E-state index is 14.0. The smallest absolute Gasteiger partial charge is 0.308 e. The number of carboxylic acids is 1. The molecule has 1 aromatic rings. The van der Waals surface area contributed by atoms with E-state index < -0.39 is 28.6 Å². The number of hydrogen-bond donors (Lipinski definition) is 2. The molecule has 172 valence electrons. The van der Waals surface area contributed by atoms with Gasteiger partial charge in [-0.3, -0.25) is 14.4 Å². The number of thioether (sulfide) groups is 1. The maximum Gasteiger partial charge on any atom is 0.308 e. The number of amides is 2. The number of carbonyl (C=O) groups excluding carboxylic acids is 2. The van der Waals surface area contributed by atoms with Gasteiger partial charge in [0, 0.05) is 36.3 Å². The first-order valence-electron chi connectivity index (χ1n) is 10.8. The Labute approximate surface area is 200 Å². The van der Waals surface area contributed by atoms with E-state index in [1.165, 1.54) is 16.7 Å². The van der Waals surface area contributed by atoms with E-state index in [2.05, 4.69) is 22.5 Å². The number of carboxylic acid groups (broad SMARTS) is 1. The van der Waals surface area contributed by atoms with Gasteiger partial charge in [-0.25, -0.2) is 0 Å². The maximum absolute atomic E-state index is 14.0. The van der Waals surface area contributed by atoms with Crippen molar-refractivity contribution < 1.29 is 24.6 Å². The van der Waals surface area contributed by atoms with E-state index in [0.29, 0.717) is 25.9 Å². The molecule has 0 saturated carbocycles. The highest BCUT2D eigenvalue weighted by atomic mass is 79.9. The Kier molecular flexibility index (Phi) is 6.70. The Morgan fingerprint density at radius 1 is 1.34 bits per heavy atom. The monoisotopic (exact) mass is 522 g/mol. The third-order valence-electron chi connectivity index (χ3n) is 6.74. The average Bonchev–Trinajstić information content (AvgIpc) is 3.35. The van der Waals surface area contributed by atoms with Crippen LogP contribution in [0.1, 0.15) is 18.4 Å². The zero-order chi connectivity index (χ0) is 23.0. The number of rotatable bonds is 9. The molecule has 3 unspecified atom stereocenters. The second kappa shape index (κ2) is 9.19. The summed E-state index contributed by atoms with van der Waals surface area (Å²) in [6.07, 6.45) is 2.56. The lowest BCUT2D eigenvalue weighted by Gasteiger charge is -2.37. The average molecular weight is 523 g/mol. The summed E-state index contributed by atoms with van der Waals surface area (Å²) < 4.78 is -0.790. The minimum Gasteiger partial charge on any atom is -0.481 e. The molecule has 0 aliphatic carbocycles. The fraction of sp³-hybridized carbons (Fsp3) is 0.522. The third kappa shape index (κ3) is 3.68. The van der Waals surface area contributed by atoms with Crippen molar-refractivity contribution in [3.63, 3.8) is 0 Å². The number of likely N-dealkylation sites (tertiary alicyclic amines) is 1. The molecule has 3 aliphatic heterocycles. The van der Waals surface area contributed by atoms with E-state index in [1.54, 1.807) is 11.0 Å². The number of carbonyl (C=O) groups is 3. The molecule has 3 fully saturated rings. The predicted octanol–water partition coefficient (Wildman–Crippen LogP) is 2.13. The van der Waals surface area contributed by atoms with E-state index in [9.17, 15) is 24.6 Å². The summed E-state index contributed by atoms with van der Waals surface area (Å²) in [6, 6.07) is 8.85. The van der Waals surface area contributed by atoms with E-state index >= 15 is 0 Å². The van der Waals surface area contributed by atoms with Crippen molar-refractivity contribution in [1.29, 1.82) is 0 Å². The van der Waals surface area contributed by atoms with Crippen molar-refractivity contribution in [2.24, 2.45) is 11.8 Å². The highest BCUT2D eigenvalue weighted by Gasteiger charge is 2.75. The first-order chi connectivity index (χ1) is 15.4. The lowest BCUT2D eigenvalue weighted by atomic mass is 9.71. The molecule has 1 aromatic carbocycles. The minimum atomic E-state index is -0.991. The lowest BCUT2D eigenvalue weighted by Crippen LogP contribution is -2.55. The number of fused-ring (bicyclic) bond motifs is 1. The van der Waals surface area contributed by atoms with Crippen LogP contribution in [0.5, 0.6) is 0 Å². The zero-order valence-electron chi connectivity index (χ0n) is 17.6. The topological polar surface area (TPSA) is 98.2 Å².